The topological polar surface area (TPSA) is 228 Å². The SMILES string of the molecule is C/C=C\C1=C(C(=O)O)N2C(=O)[C@@H](NC(=O)[C@H](N)c3ccc(O)cc3)[C@H]2SC1.NCC(=O)O.O. The van der Waals surface area contributed by atoms with E-state index in [2.05, 4.69) is 11.1 Å². The average Bonchev–Trinajstić information content (AvgIpc) is 2.77. The van der Waals surface area contributed by atoms with Gasteiger partial charge in [0.05, 0.1) is 6.54 Å². The third kappa shape index (κ3) is 6.32. The van der Waals surface area contributed by atoms with Crippen LogP contribution in [0.25, 0.3) is 0 Å². The van der Waals surface area contributed by atoms with Gasteiger partial charge in [0.1, 0.15) is 28.9 Å². The molecule has 3 atom stereocenters. The molecular weight excluding hydrogens is 456 g/mol. The number of carbonyl (C=O) groups is 4. The molecular formula is C20H26N4O8S. The number of β-lactam (4-membered cyclic amide) rings is 1. The Labute approximate surface area is 193 Å². The van der Waals surface area contributed by atoms with Crippen molar-refractivity contribution < 1.29 is 40.0 Å². The summed E-state index contributed by atoms with van der Waals surface area (Å²) >= 11 is 1.39. The Kier molecular flexibility index (Phi) is 10.1. The molecule has 13 heteroatoms. The number of phenols is 1. The zero-order valence-electron chi connectivity index (χ0n) is 17.6. The molecule has 180 valence electrons. The second kappa shape index (κ2) is 12.0. The number of aliphatic carboxylic acids is 2. The van der Waals surface area contributed by atoms with Crippen molar-refractivity contribution in [2.75, 3.05) is 12.3 Å². The fourth-order valence-electron chi connectivity index (χ4n) is 3.05. The van der Waals surface area contributed by atoms with E-state index in [1.807, 2.05) is 0 Å². The summed E-state index contributed by atoms with van der Waals surface area (Å²) in [6, 6.07) is 4.06. The van der Waals surface area contributed by atoms with Gasteiger partial charge < -0.3 is 37.6 Å². The molecule has 1 saturated heterocycles. The fraction of sp³-hybridized carbons (Fsp3) is 0.300. The molecule has 0 saturated carbocycles. The van der Waals surface area contributed by atoms with Crippen LogP contribution in [0.2, 0.25) is 0 Å². The molecule has 3 rings (SSSR count). The molecule has 33 heavy (non-hydrogen) atoms. The number of nitrogens with two attached hydrogens (primary N) is 2. The number of rotatable bonds is 6. The maximum absolute atomic E-state index is 12.5. The largest absolute Gasteiger partial charge is 0.508 e. The Balaban J connectivity index is 0.000000821. The standard InChI is InChI=1S/C18H19N3O5S.C2H5NO2.H2O/c1-2-3-10-8-27-17-13(16(24)21(17)14(10)18(25)26)20-15(23)12(19)9-4-6-11(22)7-5-9;3-1-2(4)5;/h2-7,12-13,17,22H,8,19H2,1H3,(H,20,23)(H,25,26);1,3H2,(H,4,5);1H2/b3-2-;;/t12-,13-,17-;;/m1../s1. The Bertz CT molecular complexity index is 963. The van der Waals surface area contributed by atoms with E-state index in [4.69, 9.17) is 10.8 Å². The van der Waals surface area contributed by atoms with Gasteiger partial charge >= 0.3 is 11.9 Å². The van der Waals surface area contributed by atoms with E-state index in [-0.39, 0.29) is 23.5 Å². The summed E-state index contributed by atoms with van der Waals surface area (Å²) in [7, 11) is 0. The van der Waals surface area contributed by atoms with Crippen molar-refractivity contribution in [1.82, 2.24) is 10.2 Å². The normalized spacial score (nSPS) is 20.0. The number of nitrogens with one attached hydrogen (secondary N) is 1. The van der Waals surface area contributed by atoms with Gasteiger partial charge in [0, 0.05) is 5.75 Å². The van der Waals surface area contributed by atoms with Crippen LogP contribution in [0.1, 0.15) is 18.5 Å². The highest BCUT2D eigenvalue weighted by molar-refractivity contribution is 8.00. The van der Waals surface area contributed by atoms with Gasteiger partial charge in [-0.2, -0.15) is 0 Å². The van der Waals surface area contributed by atoms with E-state index in [1.54, 1.807) is 19.1 Å². The third-order valence-corrected chi connectivity index (χ3v) is 5.88. The molecule has 0 aromatic heterocycles. The van der Waals surface area contributed by atoms with Crippen molar-refractivity contribution in [3.8, 4) is 5.75 Å². The van der Waals surface area contributed by atoms with Gasteiger partial charge in [0.2, 0.25) is 5.91 Å². The van der Waals surface area contributed by atoms with Crippen molar-refractivity contribution in [3.05, 3.63) is 53.3 Å². The predicted molar refractivity (Wildman–Crippen MR) is 120 cm³/mol. The van der Waals surface area contributed by atoms with E-state index in [9.17, 15) is 29.4 Å². The zero-order chi connectivity index (χ0) is 24.0. The Morgan fingerprint density at radius 3 is 2.33 bits per heavy atom. The summed E-state index contributed by atoms with van der Waals surface area (Å²) in [5, 5.41) is 28.5. The lowest BCUT2D eigenvalue weighted by atomic mass is 10.0. The predicted octanol–water partition coefficient (Wildman–Crippen LogP) is -1.09. The second-order valence-electron chi connectivity index (χ2n) is 6.74. The summed E-state index contributed by atoms with van der Waals surface area (Å²) < 4.78 is 0. The van der Waals surface area contributed by atoms with E-state index in [1.165, 1.54) is 40.9 Å². The van der Waals surface area contributed by atoms with E-state index in [0.717, 1.165) is 0 Å². The fourth-order valence-corrected chi connectivity index (χ4v) is 4.37. The highest BCUT2D eigenvalue weighted by atomic mass is 32.2. The van der Waals surface area contributed by atoms with Gasteiger partial charge in [-0.15, -0.1) is 11.8 Å². The minimum atomic E-state index is -1.17. The quantitative estimate of drug-likeness (QED) is 0.268. The molecule has 0 bridgehead atoms. The first-order valence-corrected chi connectivity index (χ1v) is 10.5. The van der Waals surface area contributed by atoms with Gasteiger partial charge in [0.15, 0.2) is 0 Å². The smallest absolute Gasteiger partial charge is 0.352 e. The van der Waals surface area contributed by atoms with Gasteiger partial charge in [0.25, 0.3) is 5.91 Å². The third-order valence-electron chi connectivity index (χ3n) is 4.58. The minimum Gasteiger partial charge on any atom is -0.508 e. The summed E-state index contributed by atoms with van der Waals surface area (Å²) in [6.07, 6.45) is 3.39. The number of amides is 2. The van der Waals surface area contributed by atoms with Crippen LogP contribution in [0.15, 0.2) is 47.7 Å². The maximum atomic E-state index is 12.5. The van der Waals surface area contributed by atoms with Gasteiger partial charge in [-0.1, -0.05) is 24.3 Å². The number of carboxylic acid groups (broad SMARTS) is 2. The molecule has 0 aliphatic carbocycles. The highest BCUT2D eigenvalue weighted by Gasteiger charge is 2.54. The lowest BCUT2D eigenvalue weighted by Gasteiger charge is -2.49. The van der Waals surface area contributed by atoms with Crippen molar-refractivity contribution in [1.29, 1.82) is 0 Å². The Morgan fingerprint density at radius 2 is 1.85 bits per heavy atom. The first-order valence-electron chi connectivity index (χ1n) is 9.42. The number of hydrogen-bond donors (Lipinski definition) is 6. The lowest BCUT2D eigenvalue weighted by molar-refractivity contribution is -0.150. The van der Waals surface area contributed by atoms with E-state index in [0.29, 0.717) is 16.9 Å². The molecule has 2 heterocycles. The number of hydrogen-bond acceptors (Lipinski definition) is 8. The van der Waals surface area contributed by atoms with Crippen molar-refractivity contribution in [2.24, 2.45) is 11.5 Å². The first kappa shape index (κ1) is 27.6. The second-order valence-corrected chi connectivity index (χ2v) is 7.85. The van der Waals surface area contributed by atoms with Crippen LogP contribution in [0.4, 0.5) is 0 Å². The van der Waals surface area contributed by atoms with Gasteiger partial charge in [-0.05, 0) is 30.2 Å². The van der Waals surface area contributed by atoms with Gasteiger partial charge in [-0.3, -0.25) is 19.3 Å². The van der Waals surface area contributed by atoms with Crippen molar-refractivity contribution in [2.45, 2.75) is 24.4 Å². The molecule has 0 radical (unpaired) electrons. The number of phenolic OH excluding ortho intramolecular Hbond substituents is 1. The molecule has 1 fully saturated rings. The lowest BCUT2D eigenvalue weighted by Crippen LogP contribution is -2.71. The summed E-state index contributed by atoms with van der Waals surface area (Å²) in [5.41, 5.74) is 11.5. The molecule has 12 nitrogen and oxygen atoms in total. The molecule has 2 amide bonds. The molecule has 0 unspecified atom stereocenters. The number of nitrogens with zero attached hydrogens (tertiary/aromatic N) is 1. The van der Waals surface area contributed by atoms with Crippen LogP contribution < -0.4 is 16.8 Å². The average molecular weight is 483 g/mol. The molecule has 2 aliphatic rings. The van der Waals surface area contributed by atoms with Crippen LogP contribution in [-0.4, -0.2) is 73.2 Å². The maximum Gasteiger partial charge on any atom is 0.352 e. The Hall–Kier alpha value is -3.39. The van der Waals surface area contributed by atoms with Crippen molar-refractivity contribution >= 4 is 35.5 Å². The molecule has 2 aliphatic heterocycles. The number of benzene rings is 1. The van der Waals surface area contributed by atoms with Gasteiger partial charge in [-0.25, -0.2) is 4.79 Å². The number of carboxylic acids is 2. The molecule has 1 aromatic rings. The number of fused-ring (bicyclic) bond motifs is 1. The molecule has 0 spiro atoms. The molecule has 1 aromatic carbocycles. The van der Waals surface area contributed by atoms with E-state index < -0.39 is 41.2 Å². The van der Waals surface area contributed by atoms with E-state index >= 15 is 0 Å². The minimum absolute atomic E-state index is 0. The monoisotopic (exact) mass is 482 g/mol. The Morgan fingerprint density at radius 1 is 1.27 bits per heavy atom. The highest BCUT2D eigenvalue weighted by Crippen LogP contribution is 2.40. The van der Waals surface area contributed by atoms with Crippen LogP contribution in [0.5, 0.6) is 5.75 Å². The number of carbonyl (C=O) groups excluding carboxylic acids is 2. The number of thioether (sulfide) groups is 1. The number of aromatic hydroxyl groups is 1. The van der Waals surface area contributed by atoms with Crippen LogP contribution >= 0.6 is 11.8 Å². The van der Waals surface area contributed by atoms with Crippen LogP contribution in [0.3, 0.4) is 0 Å². The summed E-state index contributed by atoms with van der Waals surface area (Å²) in [5.74, 6) is -2.68. The van der Waals surface area contributed by atoms with Crippen LogP contribution in [0, 0.1) is 0 Å². The summed E-state index contributed by atoms with van der Waals surface area (Å²) in [4.78, 5) is 47.0. The molecule has 10 N–H and O–H groups in total. The van der Waals surface area contributed by atoms with Crippen LogP contribution in [-0.2, 0) is 19.2 Å². The number of allylic oxidation sites excluding steroid dienone is 2. The zero-order valence-corrected chi connectivity index (χ0v) is 18.4. The first-order chi connectivity index (χ1) is 15.1. The van der Waals surface area contributed by atoms with Crippen molar-refractivity contribution in [3.63, 3.8) is 0 Å². The summed E-state index contributed by atoms with van der Waals surface area (Å²) in [6.45, 7) is 1.49.